The first kappa shape index (κ1) is 63.1. The van der Waals surface area contributed by atoms with Crippen LogP contribution in [0.15, 0.2) is 0 Å². The topological polar surface area (TPSA) is 52.6 Å². The van der Waals surface area contributed by atoms with Crippen molar-refractivity contribution in [3.63, 3.8) is 0 Å². The van der Waals surface area contributed by atoms with Gasteiger partial charge in [-0.05, 0) is 122 Å². The van der Waals surface area contributed by atoms with E-state index < -0.39 is 17.4 Å². The van der Waals surface area contributed by atoms with Crippen molar-refractivity contribution < 1.29 is 38.5 Å². The molecule has 0 aliphatic rings. The Balaban J connectivity index is -0.00000351. The number of hydrogen-bond donors (Lipinski definition) is 0. The monoisotopic (exact) mass is 948 g/mol. The maximum absolute atomic E-state index is 10.8. The van der Waals surface area contributed by atoms with Gasteiger partial charge in [-0.2, -0.15) is 14.2 Å². The summed E-state index contributed by atoms with van der Waals surface area (Å²) in [4.78, 5) is 21.6. The van der Waals surface area contributed by atoms with Crippen LogP contribution in [0.4, 0.5) is 0 Å². The van der Waals surface area contributed by atoms with Gasteiger partial charge in [-0.3, -0.25) is 9.59 Å². The summed E-state index contributed by atoms with van der Waals surface area (Å²) < 4.78 is 8.24. The summed E-state index contributed by atoms with van der Waals surface area (Å²) in [7, 11) is 5.78. The van der Waals surface area contributed by atoms with Crippen LogP contribution in [0.1, 0.15) is 27.7 Å². The summed E-state index contributed by atoms with van der Waals surface area (Å²) in [5, 5.41) is 0. The van der Waals surface area contributed by atoms with E-state index >= 15 is 0 Å². The first-order chi connectivity index (χ1) is 34.9. The van der Waals surface area contributed by atoms with Gasteiger partial charge in [0.15, 0.2) is 5.41 Å². The van der Waals surface area contributed by atoms with Crippen molar-refractivity contribution in [1.29, 1.82) is 0 Å². The second kappa shape index (κ2) is 53.9. The Morgan fingerprint density at radius 1 is 0.236 bits per heavy atom. The van der Waals surface area contributed by atoms with Gasteiger partial charge >= 0.3 is 19.5 Å². The molecule has 0 atom stereocenters. The van der Waals surface area contributed by atoms with Crippen molar-refractivity contribution >= 4 is 11.9 Å². The van der Waals surface area contributed by atoms with Crippen molar-refractivity contribution in [2.75, 3.05) is 0 Å². The molecule has 0 radical (unpaired) electrons. The number of hydrogen-bond acceptors (Lipinski definition) is 4. The molecule has 0 amide bonds. The van der Waals surface area contributed by atoms with Crippen molar-refractivity contribution in [2.24, 2.45) is 5.41 Å². The predicted molar refractivity (Wildman–Crippen MR) is 274 cm³/mol. The third kappa shape index (κ3) is 49.5. The largest absolute Gasteiger partial charge is 2.00 e. The first-order valence-corrected chi connectivity index (χ1v) is 18.1. The Bertz CT molecular complexity index is 3900. The fourth-order valence-corrected chi connectivity index (χ4v) is 2.26. The molecule has 0 aromatic heterocycles. The summed E-state index contributed by atoms with van der Waals surface area (Å²) in [6, 6.07) is 0. The van der Waals surface area contributed by atoms with E-state index in [0.29, 0.717) is 0 Å². The quantitative estimate of drug-likeness (QED) is 0.140. The second-order valence-electron chi connectivity index (χ2n) is 9.99. The third-order valence-corrected chi connectivity index (χ3v) is 4.97. The van der Waals surface area contributed by atoms with E-state index in [2.05, 4.69) is 367 Å². The molecule has 0 N–H and O–H groups in total. The maximum atomic E-state index is 10.8. The summed E-state index contributed by atoms with van der Waals surface area (Å²) in [6.45, 7) is 6.11. The minimum atomic E-state index is -1.33. The molecule has 4 nitrogen and oxygen atoms in total. The summed E-state index contributed by atoms with van der Waals surface area (Å²) in [5.41, 5.74) is -1.33. The normalized spacial score (nSPS) is 4.92. The van der Waals surface area contributed by atoms with Crippen LogP contribution in [0.25, 0.3) is 0 Å². The van der Waals surface area contributed by atoms with Gasteiger partial charge in [0.1, 0.15) is 0 Å². The van der Waals surface area contributed by atoms with Crippen LogP contribution in [0.5, 0.6) is 0 Å². The number of ether oxygens (including phenoxy) is 2. The smallest absolute Gasteiger partial charge is 0.639 e. The van der Waals surface area contributed by atoms with Gasteiger partial charge < -0.3 is 9.47 Å². The van der Waals surface area contributed by atoms with Crippen LogP contribution < -0.4 is 0 Å². The van der Waals surface area contributed by atoms with E-state index in [1.165, 1.54) is 13.8 Å². The zero-order valence-corrected chi connectivity index (χ0v) is 41.2. The molecule has 5 heteroatoms. The molecule has 0 saturated heterocycles. The molecule has 0 aliphatic carbocycles. The first-order valence-electron chi connectivity index (χ1n) is 18.1. The van der Waals surface area contributed by atoms with Crippen LogP contribution in [-0.4, -0.2) is 11.9 Å². The predicted octanol–water partition coefficient (Wildman–Crippen LogP) is 1.80. The van der Waals surface area contributed by atoms with Crippen LogP contribution >= 0.6 is 0 Å². The molecule has 0 aliphatic heterocycles. The Morgan fingerprint density at radius 3 is 0.389 bits per heavy atom. The molecule has 0 aromatic rings. The molecular formula is C67H16O4Zn. The van der Waals surface area contributed by atoms with Gasteiger partial charge in [-0.1, -0.05) is 11.8 Å². The minimum Gasteiger partial charge on any atom is -0.639 e. The summed E-state index contributed by atoms with van der Waals surface area (Å²) >= 11 is 0. The standard InChI is InChI=1S/C60H6.C7H10O4.Zn/c1-3-5-7-9-11-13-15-17-19-21-23-25-27-29-31-33-35-37-39-41-43-45-47-49-51-53-55-57-59-60-58-56-54-52-50-48-46-44-42-40-38-36-34-32-30-28-26-24-22-20-18-16-14-12-10-8-6-4-2;1-7(2,5(8)10-3)6(9)11-4;/h1-2H3;3-4H2,1-2H3;/q;-2;+2. The number of rotatable bonds is 2. The molecular weight excluding hydrogens is 934 g/mol. The van der Waals surface area contributed by atoms with Gasteiger partial charge in [0, 0.05) is 237 Å². The van der Waals surface area contributed by atoms with E-state index in [1.54, 1.807) is 13.8 Å². The Hall–Kier alpha value is -13.2. The van der Waals surface area contributed by atoms with Crippen LogP contribution in [0, 0.1) is 363 Å². The van der Waals surface area contributed by atoms with Gasteiger partial charge in [-0.25, -0.2) is 0 Å². The average Bonchev–Trinajstić information content (AvgIpc) is 3.38. The molecule has 0 fully saturated rings. The molecule has 0 heterocycles. The van der Waals surface area contributed by atoms with Crippen LogP contribution in [0.2, 0.25) is 0 Å². The summed E-state index contributed by atoms with van der Waals surface area (Å²) in [6.07, 6.45) is 0. The van der Waals surface area contributed by atoms with Gasteiger partial charge in [0.05, 0.1) is 0 Å². The van der Waals surface area contributed by atoms with Crippen molar-refractivity contribution in [1.82, 2.24) is 0 Å². The zero-order chi connectivity index (χ0) is 52.1. The zero-order valence-electron chi connectivity index (χ0n) is 38.3. The molecule has 0 saturated carbocycles. The molecule has 0 rings (SSSR count). The minimum absolute atomic E-state index is 0. The van der Waals surface area contributed by atoms with E-state index in [-0.39, 0.29) is 19.5 Å². The Kier molecular flexibility index (Phi) is 47.3. The van der Waals surface area contributed by atoms with E-state index in [9.17, 15) is 9.59 Å². The molecule has 0 bridgehead atoms. The van der Waals surface area contributed by atoms with Gasteiger partial charge in [-0.15, -0.1) is 0 Å². The van der Waals surface area contributed by atoms with E-state index in [4.69, 9.17) is 0 Å². The van der Waals surface area contributed by atoms with Crippen molar-refractivity contribution in [3.8, 4) is 343 Å². The molecule has 0 aromatic carbocycles. The Labute approximate surface area is 438 Å². The van der Waals surface area contributed by atoms with Gasteiger partial charge in [0.25, 0.3) is 11.9 Å². The molecule has 0 spiro atoms. The number of carbonyl (C=O) groups excluding carboxylic acids is 2. The number of esters is 2. The fraction of sp³-hybridized carbons (Fsp3) is 0.0746. The molecule has 310 valence electrons. The molecule has 0 unspecified atom stereocenters. The number of carbonyl (C=O) groups is 2. The maximum Gasteiger partial charge on any atom is 2.00 e. The van der Waals surface area contributed by atoms with Crippen molar-refractivity contribution in [3.05, 3.63) is 14.2 Å². The fourth-order valence-electron chi connectivity index (χ4n) is 2.26. The average molecular weight is 950 g/mol. The second-order valence-corrected chi connectivity index (χ2v) is 9.99. The molecule has 72 heavy (non-hydrogen) atoms. The van der Waals surface area contributed by atoms with Crippen molar-refractivity contribution in [2.45, 2.75) is 27.7 Å². The van der Waals surface area contributed by atoms with E-state index in [1.807, 2.05) is 0 Å². The Morgan fingerprint density at radius 2 is 0.319 bits per heavy atom. The summed E-state index contributed by atoms with van der Waals surface area (Å²) in [5.74, 6) is 144. The van der Waals surface area contributed by atoms with Crippen LogP contribution in [-0.2, 0) is 38.5 Å². The van der Waals surface area contributed by atoms with Crippen LogP contribution in [0.3, 0.4) is 0 Å². The SMILES string of the molecule is CC#CC#CC#CC#CC#CC#CC#CC#CC#CC#CC#CC#CC#CC#CC#CC#CC#CC#CC#CC#CC#CC#CC#CC#CC#CC#CC#CC#CC#CC.[CH2-]OC(=O)C(C)(C)C(=O)O[CH2-].[Zn+2]. The van der Waals surface area contributed by atoms with E-state index in [0.717, 1.165) is 0 Å². The van der Waals surface area contributed by atoms with Gasteiger partial charge in [0.2, 0.25) is 0 Å². The third-order valence-electron chi connectivity index (χ3n) is 4.97.